The van der Waals surface area contributed by atoms with Crippen LogP contribution in [0.5, 0.6) is 0 Å². The largest absolute Gasteiger partial charge is 0.399 e. The molecule has 108 valence electrons. The van der Waals surface area contributed by atoms with Crippen LogP contribution >= 0.6 is 0 Å². The van der Waals surface area contributed by atoms with Crippen LogP contribution in [0.1, 0.15) is 26.3 Å². The van der Waals surface area contributed by atoms with Gasteiger partial charge < -0.3 is 16.8 Å². The zero-order valence-electron chi connectivity index (χ0n) is 11.1. The van der Waals surface area contributed by atoms with Gasteiger partial charge in [0.05, 0.1) is 5.56 Å². The lowest BCUT2D eigenvalue weighted by atomic mass is 10.1. The van der Waals surface area contributed by atoms with Gasteiger partial charge in [0, 0.05) is 17.8 Å². The van der Waals surface area contributed by atoms with Gasteiger partial charge in [-0.2, -0.15) is 0 Å². The average molecular weight is 287 g/mol. The van der Waals surface area contributed by atoms with E-state index < -0.39 is 17.6 Å². The number of hydrogen-bond donors (Lipinski definition) is 3. The Labute approximate surface area is 120 Å². The summed E-state index contributed by atoms with van der Waals surface area (Å²) in [5.41, 5.74) is 11.8. The summed E-state index contributed by atoms with van der Waals surface area (Å²) in [4.78, 5) is 22.9. The van der Waals surface area contributed by atoms with Crippen molar-refractivity contribution in [1.29, 1.82) is 0 Å². The summed E-state index contributed by atoms with van der Waals surface area (Å²) in [6, 6.07) is 10.4. The highest BCUT2D eigenvalue weighted by atomic mass is 19.1. The monoisotopic (exact) mass is 287 g/mol. The first-order chi connectivity index (χ1) is 9.97. The molecule has 0 saturated heterocycles. The fourth-order valence-corrected chi connectivity index (χ4v) is 1.83. The second-order valence-electron chi connectivity index (χ2n) is 4.49. The Balaban J connectivity index is 2.07. The normalized spacial score (nSPS) is 10.1. The van der Waals surface area contributed by atoms with Crippen molar-refractivity contribution in [2.75, 3.05) is 5.73 Å². The molecule has 21 heavy (non-hydrogen) atoms. The molecule has 0 aliphatic carbocycles. The molecule has 0 aliphatic rings. The minimum absolute atomic E-state index is 0.0877. The summed E-state index contributed by atoms with van der Waals surface area (Å²) >= 11 is 0. The van der Waals surface area contributed by atoms with Crippen LogP contribution in [-0.2, 0) is 6.54 Å². The molecule has 0 heterocycles. The van der Waals surface area contributed by atoms with Crippen LogP contribution in [0, 0.1) is 5.82 Å². The lowest BCUT2D eigenvalue weighted by Gasteiger charge is -2.07. The summed E-state index contributed by atoms with van der Waals surface area (Å²) in [6.45, 7) is 0.157. The van der Waals surface area contributed by atoms with Crippen LogP contribution in [0.25, 0.3) is 0 Å². The SMILES string of the molecule is NC(=O)c1cccc(CNC(=O)c2ccc(N)cc2F)c1. The van der Waals surface area contributed by atoms with Gasteiger partial charge in [-0.3, -0.25) is 9.59 Å². The van der Waals surface area contributed by atoms with Crippen molar-refractivity contribution in [2.45, 2.75) is 6.54 Å². The van der Waals surface area contributed by atoms with E-state index in [1.807, 2.05) is 0 Å². The molecule has 2 aromatic rings. The molecule has 0 aromatic heterocycles. The first-order valence-corrected chi connectivity index (χ1v) is 6.19. The molecule has 2 rings (SSSR count). The Morgan fingerprint density at radius 2 is 1.90 bits per heavy atom. The van der Waals surface area contributed by atoms with E-state index >= 15 is 0 Å². The van der Waals surface area contributed by atoms with E-state index in [0.29, 0.717) is 11.1 Å². The molecule has 2 amide bonds. The van der Waals surface area contributed by atoms with Gasteiger partial charge in [-0.25, -0.2) is 4.39 Å². The number of nitrogens with one attached hydrogen (secondary N) is 1. The van der Waals surface area contributed by atoms with Gasteiger partial charge in [0.15, 0.2) is 0 Å². The molecule has 6 heteroatoms. The van der Waals surface area contributed by atoms with Crippen LogP contribution in [-0.4, -0.2) is 11.8 Å². The number of primary amides is 1. The minimum Gasteiger partial charge on any atom is -0.399 e. The van der Waals surface area contributed by atoms with E-state index in [4.69, 9.17) is 11.5 Å². The van der Waals surface area contributed by atoms with Crippen molar-refractivity contribution < 1.29 is 14.0 Å². The standard InChI is InChI=1S/C15H14FN3O2/c16-13-7-11(17)4-5-12(13)15(21)19-8-9-2-1-3-10(6-9)14(18)20/h1-7H,8,17H2,(H2,18,20)(H,19,21). The third-order valence-corrected chi connectivity index (χ3v) is 2.90. The Morgan fingerprint density at radius 1 is 1.14 bits per heavy atom. The summed E-state index contributed by atoms with van der Waals surface area (Å²) < 4.78 is 13.6. The van der Waals surface area contributed by atoms with Crippen LogP contribution in [0.15, 0.2) is 42.5 Å². The quantitative estimate of drug-likeness (QED) is 0.742. The lowest BCUT2D eigenvalue weighted by Crippen LogP contribution is -2.24. The molecular formula is C15H14FN3O2. The Hall–Kier alpha value is -2.89. The number of benzene rings is 2. The third-order valence-electron chi connectivity index (χ3n) is 2.90. The minimum atomic E-state index is -0.682. The van der Waals surface area contributed by atoms with Crippen LogP contribution in [0.2, 0.25) is 0 Å². The van der Waals surface area contributed by atoms with Gasteiger partial charge in [-0.15, -0.1) is 0 Å². The number of rotatable bonds is 4. The third kappa shape index (κ3) is 3.56. The second kappa shape index (κ2) is 6.04. The number of halogens is 1. The number of hydrogen-bond acceptors (Lipinski definition) is 3. The number of nitrogens with two attached hydrogens (primary N) is 2. The van der Waals surface area contributed by atoms with Crippen molar-refractivity contribution in [3.05, 3.63) is 65.0 Å². The van der Waals surface area contributed by atoms with E-state index in [-0.39, 0.29) is 17.8 Å². The number of amides is 2. The summed E-state index contributed by atoms with van der Waals surface area (Å²) in [5, 5.41) is 2.57. The molecule has 2 aromatic carbocycles. The highest BCUT2D eigenvalue weighted by molar-refractivity contribution is 5.95. The van der Waals surface area contributed by atoms with Gasteiger partial charge in [-0.1, -0.05) is 12.1 Å². The first kappa shape index (κ1) is 14.5. The predicted molar refractivity (Wildman–Crippen MR) is 76.9 cm³/mol. The van der Waals surface area contributed by atoms with E-state index in [1.165, 1.54) is 12.1 Å². The second-order valence-corrected chi connectivity index (χ2v) is 4.49. The molecule has 0 bridgehead atoms. The molecule has 5 N–H and O–H groups in total. The molecule has 0 saturated carbocycles. The maximum Gasteiger partial charge on any atom is 0.254 e. The maximum absolute atomic E-state index is 13.6. The lowest BCUT2D eigenvalue weighted by molar-refractivity contribution is 0.0946. The van der Waals surface area contributed by atoms with Crippen molar-refractivity contribution >= 4 is 17.5 Å². The van der Waals surface area contributed by atoms with E-state index in [9.17, 15) is 14.0 Å². The summed E-state index contributed by atoms with van der Waals surface area (Å²) in [7, 11) is 0. The van der Waals surface area contributed by atoms with Crippen LogP contribution in [0.4, 0.5) is 10.1 Å². The van der Waals surface area contributed by atoms with E-state index in [1.54, 1.807) is 24.3 Å². The summed E-state index contributed by atoms with van der Waals surface area (Å²) in [5.74, 6) is -1.79. The molecule has 5 nitrogen and oxygen atoms in total. The van der Waals surface area contributed by atoms with Crippen LogP contribution in [0.3, 0.4) is 0 Å². The molecular weight excluding hydrogens is 273 g/mol. The first-order valence-electron chi connectivity index (χ1n) is 6.19. The van der Waals surface area contributed by atoms with Gasteiger partial charge in [-0.05, 0) is 35.9 Å². The highest BCUT2D eigenvalue weighted by Crippen LogP contribution is 2.12. The Kier molecular flexibility index (Phi) is 4.18. The topological polar surface area (TPSA) is 98.2 Å². The number of anilines is 1. The molecule has 0 radical (unpaired) electrons. The van der Waals surface area contributed by atoms with Crippen molar-refractivity contribution in [1.82, 2.24) is 5.32 Å². The molecule has 0 unspecified atom stereocenters. The average Bonchev–Trinajstić information content (AvgIpc) is 2.45. The molecule has 0 aliphatic heterocycles. The van der Waals surface area contributed by atoms with Crippen molar-refractivity contribution in [2.24, 2.45) is 5.73 Å². The van der Waals surface area contributed by atoms with E-state index in [2.05, 4.69) is 5.32 Å². The zero-order chi connectivity index (χ0) is 15.4. The number of carbonyl (C=O) groups excluding carboxylic acids is 2. The summed E-state index contributed by atoms with van der Waals surface area (Å²) in [6.07, 6.45) is 0. The molecule has 0 atom stereocenters. The van der Waals surface area contributed by atoms with Gasteiger partial charge in [0.2, 0.25) is 5.91 Å². The predicted octanol–water partition coefficient (Wildman–Crippen LogP) is 1.44. The van der Waals surface area contributed by atoms with Gasteiger partial charge in [0.1, 0.15) is 5.82 Å². The highest BCUT2D eigenvalue weighted by Gasteiger charge is 2.11. The fraction of sp³-hybridized carbons (Fsp3) is 0.0667. The maximum atomic E-state index is 13.6. The van der Waals surface area contributed by atoms with Crippen LogP contribution < -0.4 is 16.8 Å². The molecule has 0 fully saturated rings. The molecule has 0 spiro atoms. The Bertz CT molecular complexity index is 701. The van der Waals surface area contributed by atoms with Crippen molar-refractivity contribution in [3.63, 3.8) is 0 Å². The smallest absolute Gasteiger partial charge is 0.254 e. The number of nitrogen functional groups attached to an aromatic ring is 1. The Morgan fingerprint density at radius 3 is 2.57 bits per heavy atom. The van der Waals surface area contributed by atoms with Gasteiger partial charge >= 0.3 is 0 Å². The van der Waals surface area contributed by atoms with Gasteiger partial charge in [0.25, 0.3) is 5.91 Å². The zero-order valence-corrected chi connectivity index (χ0v) is 11.1. The fourth-order valence-electron chi connectivity index (χ4n) is 1.83. The van der Waals surface area contributed by atoms with Crippen molar-refractivity contribution in [3.8, 4) is 0 Å². The van der Waals surface area contributed by atoms with E-state index in [0.717, 1.165) is 6.07 Å². The number of carbonyl (C=O) groups is 2.